The number of hydrogen-bond acceptors (Lipinski definition) is 1. The first-order valence-corrected chi connectivity index (χ1v) is 20.1. The third-order valence-corrected chi connectivity index (χ3v) is 12.1. The van der Waals surface area contributed by atoms with Gasteiger partial charge in [0.2, 0.25) is 0 Å². The van der Waals surface area contributed by atoms with Crippen molar-refractivity contribution in [3.63, 3.8) is 0 Å². The molecule has 1 aliphatic rings. The van der Waals surface area contributed by atoms with E-state index < -0.39 is 5.41 Å². The standard InChI is InChI=1S/C57H39N/c1-5-20-42(21-6-1)54-48-29-15-13-19-40(48)35-38-49(54)41-33-36-47(37-34-41)58(46-27-11-4-12-28-46)56-50-30-16-14-22-43(50)39-53-55(56)51-31-17-18-32-52(51)57(53,44-23-7-2-8-24-44)45-25-9-3-10-26-45/h1-39H. The van der Waals surface area contributed by atoms with E-state index in [4.69, 9.17) is 0 Å². The van der Waals surface area contributed by atoms with Gasteiger partial charge in [0.15, 0.2) is 0 Å². The Morgan fingerprint density at radius 3 is 1.53 bits per heavy atom. The molecule has 0 bridgehead atoms. The molecular weight excluding hydrogens is 699 g/mol. The van der Waals surface area contributed by atoms with Gasteiger partial charge in [0, 0.05) is 22.3 Å². The van der Waals surface area contributed by atoms with Crippen LogP contribution in [0.2, 0.25) is 0 Å². The van der Waals surface area contributed by atoms with Crippen LogP contribution in [0, 0.1) is 0 Å². The number of anilines is 3. The molecule has 0 heterocycles. The molecular formula is C57H39N. The summed E-state index contributed by atoms with van der Waals surface area (Å²) in [6, 6.07) is 86.8. The second-order valence-electron chi connectivity index (χ2n) is 15.2. The first-order valence-electron chi connectivity index (χ1n) is 20.1. The molecule has 0 saturated heterocycles. The van der Waals surface area contributed by atoms with Crippen LogP contribution in [0.3, 0.4) is 0 Å². The maximum Gasteiger partial charge on any atom is 0.0714 e. The van der Waals surface area contributed by atoms with E-state index in [1.165, 1.54) is 82.9 Å². The lowest BCUT2D eigenvalue weighted by molar-refractivity contribution is 0.769. The Bertz CT molecular complexity index is 3040. The van der Waals surface area contributed by atoms with Crippen molar-refractivity contribution in [1.29, 1.82) is 0 Å². The minimum atomic E-state index is -0.524. The highest BCUT2D eigenvalue weighted by atomic mass is 15.1. The first-order chi connectivity index (χ1) is 28.8. The minimum Gasteiger partial charge on any atom is -0.309 e. The highest BCUT2D eigenvalue weighted by molar-refractivity contribution is 6.11. The zero-order valence-electron chi connectivity index (χ0n) is 32.0. The number of para-hydroxylation sites is 1. The fourth-order valence-corrected chi connectivity index (χ4v) is 9.67. The zero-order valence-corrected chi connectivity index (χ0v) is 32.0. The van der Waals surface area contributed by atoms with E-state index in [2.05, 4.69) is 241 Å². The summed E-state index contributed by atoms with van der Waals surface area (Å²) in [5, 5.41) is 4.92. The van der Waals surface area contributed by atoms with Gasteiger partial charge in [-0.05, 0) is 96.6 Å². The summed E-state index contributed by atoms with van der Waals surface area (Å²) in [6.45, 7) is 0. The monoisotopic (exact) mass is 737 g/mol. The Morgan fingerprint density at radius 1 is 0.310 bits per heavy atom. The van der Waals surface area contributed by atoms with Gasteiger partial charge >= 0.3 is 0 Å². The third-order valence-electron chi connectivity index (χ3n) is 12.1. The van der Waals surface area contributed by atoms with Crippen molar-refractivity contribution < 1.29 is 0 Å². The van der Waals surface area contributed by atoms with Crippen LogP contribution >= 0.6 is 0 Å². The van der Waals surface area contributed by atoms with Crippen molar-refractivity contribution in [2.75, 3.05) is 4.90 Å². The van der Waals surface area contributed by atoms with E-state index in [9.17, 15) is 0 Å². The average molecular weight is 738 g/mol. The molecule has 0 fully saturated rings. The van der Waals surface area contributed by atoms with Gasteiger partial charge in [-0.3, -0.25) is 0 Å². The van der Waals surface area contributed by atoms with Gasteiger partial charge in [0.25, 0.3) is 0 Å². The molecule has 58 heavy (non-hydrogen) atoms. The van der Waals surface area contributed by atoms with Crippen LogP contribution in [0.4, 0.5) is 17.1 Å². The molecule has 0 N–H and O–H groups in total. The smallest absolute Gasteiger partial charge is 0.0714 e. The summed E-state index contributed by atoms with van der Waals surface area (Å²) in [5.74, 6) is 0. The van der Waals surface area contributed by atoms with E-state index in [1.54, 1.807) is 0 Å². The van der Waals surface area contributed by atoms with E-state index >= 15 is 0 Å². The molecule has 10 aromatic rings. The Labute approximate surface area is 339 Å². The Morgan fingerprint density at radius 2 is 0.845 bits per heavy atom. The van der Waals surface area contributed by atoms with E-state index in [1.807, 2.05) is 0 Å². The molecule has 0 saturated carbocycles. The molecule has 0 spiro atoms. The molecule has 10 aromatic carbocycles. The Kier molecular flexibility index (Phi) is 8.12. The van der Waals surface area contributed by atoms with Gasteiger partial charge in [0.05, 0.1) is 11.1 Å². The van der Waals surface area contributed by atoms with Crippen LogP contribution in [-0.4, -0.2) is 0 Å². The normalized spacial score (nSPS) is 12.6. The van der Waals surface area contributed by atoms with E-state index in [0.29, 0.717) is 0 Å². The van der Waals surface area contributed by atoms with Gasteiger partial charge in [0.1, 0.15) is 0 Å². The summed E-state index contributed by atoms with van der Waals surface area (Å²) in [5.41, 5.74) is 15.4. The molecule has 272 valence electrons. The van der Waals surface area contributed by atoms with Crippen LogP contribution < -0.4 is 4.90 Å². The zero-order chi connectivity index (χ0) is 38.5. The average Bonchev–Trinajstić information content (AvgIpc) is 3.60. The molecule has 1 aliphatic carbocycles. The summed E-state index contributed by atoms with van der Waals surface area (Å²) in [4.78, 5) is 2.49. The van der Waals surface area contributed by atoms with Crippen LogP contribution in [-0.2, 0) is 5.41 Å². The van der Waals surface area contributed by atoms with Gasteiger partial charge in [-0.1, -0.05) is 206 Å². The molecule has 0 amide bonds. The van der Waals surface area contributed by atoms with Crippen LogP contribution in [0.15, 0.2) is 237 Å². The molecule has 0 aliphatic heterocycles. The highest BCUT2D eigenvalue weighted by Crippen LogP contribution is 2.61. The summed E-state index contributed by atoms with van der Waals surface area (Å²) < 4.78 is 0. The lowest BCUT2D eigenvalue weighted by Crippen LogP contribution is -2.28. The molecule has 1 nitrogen and oxygen atoms in total. The molecule has 0 aromatic heterocycles. The number of benzene rings is 10. The van der Waals surface area contributed by atoms with Crippen molar-refractivity contribution in [1.82, 2.24) is 0 Å². The number of rotatable bonds is 7. The summed E-state index contributed by atoms with van der Waals surface area (Å²) >= 11 is 0. The molecule has 11 rings (SSSR count). The molecule has 0 radical (unpaired) electrons. The van der Waals surface area contributed by atoms with Crippen LogP contribution in [0.5, 0.6) is 0 Å². The summed E-state index contributed by atoms with van der Waals surface area (Å²) in [7, 11) is 0. The highest BCUT2D eigenvalue weighted by Gasteiger charge is 2.48. The second kappa shape index (κ2) is 13.9. The molecule has 0 unspecified atom stereocenters. The largest absolute Gasteiger partial charge is 0.309 e. The quantitative estimate of drug-likeness (QED) is 0.157. The number of hydrogen-bond donors (Lipinski definition) is 0. The van der Waals surface area contributed by atoms with Crippen molar-refractivity contribution in [3.8, 4) is 33.4 Å². The van der Waals surface area contributed by atoms with Crippen LogP contribution in [0.25, 0.3) is 54.9 Å². The van der Waals surface area contributed by atoms with E-state index in [0.717, 1.165) is 11.4 Å². The lowest BCUT2D eigenvalue weighted by atomic mass is 9.67. The maximum absolute atomic E-state index is 2.49. The summed E-state index contributed by atoms with van der Waals surface area (Å²) in [6.07, 6.45) is 0. The molecule has 1 heteroatoms. The predicted octanol–water partition coefficient (Wildman–Crippen LogP) is 15.2. The van der Waals surface area contributed by atoms with Crippen LogP contribution in [0.1, 0.15) is 22.3 Å². The SMILES string of the molecule is c1ccc(-c2c(-c3ccc(N(c4ccccc4)c4c5c(cc6ccccc46)C(c4ccccc4)(c4ccccc4)c4ccccc4-5)cc3)ccc3ccccc23)cc1. The van der Waals surface area contributed by atoms with E-state index in [-0.39, 0.29) is 0 Å². The van der Waals surface area contributed by atoms with Gasteiger partial charge in [-0.15, -0.1) is 0 Å². The van der Waals surface area contributed by atoms with Crippen molar-refractivity contribution >= 4 is 38.6 Å². The predicted molar refractivity (Wildman–Crippen MR) is 244 cm³/mol. The van der Waals surface area contributed by atoms with Crippen molar-refractivity contribution in [3.05, 3.63) is 259 Å². The topological polar surface area (TPSA) is 3.24 Å². The number of nitrogens with zero attached hydrogens (tertiary/aromatic N) is 1. The third kappa shape index (κ3) is 5.25. The van der Waals surface area contributed by atoms with Crippen molar-refractivity contribution in [2.45, 2.75) is 5.41 Å². The minimum absolute atomic E-state index is 0.524. The fourth-order valence-electron chi connectivity index (χ4n) is 9.67. The Balaban J connectivity index is 1.19. The van der Waals surface area contributed by atoms with Gasteiger partial charge in [-0.2, -0.15) is 0 Å². The maximum atomic E-state index is 2.49. The number of fused-ring (bicyclic) bond motifs is 5. The second-order valence-corrected chi connectivity index (χ2v) is 15.2. The molecule has 0 atom stereocenters. The first kappa shape index (κ1) is 33.8. The van der Waals surface area contributed by atoms with Gasteiger partial charge < -0.3 is 4.90 Å². The van der Waals surface area contributed by atoms with Crippen molar-refractivity contribution in [2.24, 2.45) is 0 Å². The Hall–Kier alpha value is -7.48. The lowest BCUT2D eigenvalue weighted by Gasteiger charge is -2.35. The van der Waals surface area contributed by atoms with Gasteiger partial charge in [-0.25, -0.2) is 0 Å². The fraction of sp³-hybridized carbons (Fsp3) is 0.0175.